The lowest BCUT2D eigenvalue weighted by molar-refractivity contribution is -0.713. The molecule has 0 spiro atoms. The molecule has 3 fully saturated rings. The number of ether oxygens (including phenoxy) is 1. The average molecular weight is 471 g/mol. The zero-order valence-corrected chi connectivity index (χ0v) is 20.4. The standard InChI is InChI=1S/C25H35F3NO2S/c1-5-29-20-13-19-17-7-6-15-12-16(31-14(2)30)8-10-23(15,3)18(17)9-11-24(19,4)21(20)32-22(29)25(26,27)28/h15-19H,5-13H2,1-4H3/q+1/t15-,16-,17+,18-,19-,23-,24-/m0/s1. The molecule has 1 heterocycles. The van der Waals surface area contributed by atoms with E-state index in [9.17, 15) is 18.0 Å². The van der Waals surface area contributed by atoms with Crippen LogP contribution in [0.15, 0.2) is 0 Å². The Morgan fingerprint density at radius 3 is 2.56 bits per heavy atom. The maximum atomic E-state index is 13.7. The molecule has 3 nitrogen and oxygen atoms in total. The molecule has 7 heteroatoms. The van der Waals surface area contributed by atoms with Crippen molar-refractivity contribution in [2.45, 2.75) is 103 Å². The van der Waals surface area contributed by atoms with Crippen molar-refractivity contribution in [1.82, 2.24) is 0 Å². The Balaban J connectivity index is 1.43. The van der Waals surface area contributed by atoms with Crippen molar-refractivity contribution in [2.75, 3.05) is 0 Å². The van der Waals surface area contributed by atoms with Gasteiger partial charge in [-0.2, -0.15) is 17.7 Å². The summed E-state index contributed by atoms with van der Waals surface area (Å²) in [4.78, 5) is 12.5. The molecule has 0 amide bonds. The Kier molecular flexibility index (Phi) is 5.27. The van der Waals surface area contributed by atoms with E-state index in [1.165, 1.54) is 6.92 Å². The topological polar surface area (TPSA) is 30.2 Å². The number of aromatic nitrogens is 1. The second kappa shape index (κ2) is 7.44. The first-order valence-electron chi connectivity index (χ1n) is 12.3. The van der Waals surface area contributed by atoms with Gasteiger partial charge in [-0.3, -0.25) is 4.79 Å². The van der Waals surface area contributed by atoms with E-state index in [1.807, 2.05) is 6.92 Å². The van der Waals surface area contributed by atoms with E-state index in [-0.39, 0.29) is 22.9 Å². The summed E-state index contributed by atoms with van der Waals surface area (Å²) in [7, 11) is 0. The largest absolute Gasteiger partial charge is 0.488 e. The number of alkyl halides is 3. The van der Waals surface area contributed by atoms with Gasteiger partial charge in [0.25, 0.3) is 0 Å². The van der Waals surface area contributed by atoms with E-state index >= 15 is 0 Å². The Labute approximate surface area is 192 Å². The van der Waals surface area contributed by atoms with E-state index in [4.69, 9.17) is 4.74 Å². The lowest BCUT2D eigenvalue weighted by Gasteiger charge is -2.60. The van der Waals surface area contributed by atoms with Crippen molar-refractivity contribution in [2.24, 2.45) is 29.1 Å². The summed E-state index contributed by atoms with van der Waals surface area (Å²) in [6, 6.07) is 0. The van der Waals surface area contributed by atoms with Gasteiger partial charge in [0.2, 0.25) is 0 Å². The maximum Gasteiger partial charge on any atom is 0.488 e. The van der Waals surface area contributed by atoms with Gasteiger partial charge in [-0.05, 0) is 81.0 Å². The van der Waals surface area contributed by atoms with Crippen molar-refractivity contribution in [3.8, 4) is 0 Å². The highest BCUT2D eigenvalue weighted by Crippen LogP contribution is 2.66. The fourth-order valence-corrected chi connectivity index (χ4v) is 9.85. The first kappa shape index (κ1) is 22.7. The van der Waals surface area contributed by atoms with Crippen molar-refractivity contribution < 1.29 is 27.3 Å². The third-order valence-corrected chi connectivity index (χ3v) is 11.4. The zero-order chi connectivity index (χ0) is 23.1. The van der Waals surface area contributed by atoms with Crippen LogP contribution in [-0.2, 0) is 34.1 Å². The van der Waals surface area contributed by atoms with Crippen LogP contribution in [0.5, 0.6) is 0 Å². The lowest BCUT2D eigenvalue weighted by Crippen LogP contribution is -2.54. The number of carbonyl (C=O) groups is 1. The molecule has 32 heavy (non-hydrogen) atoms. The summed E-state index contributed by atoms with van der Waals surface area (Å²) in [5, 5.41) is -0.425. The van der Waals surface area contributed by atoms with Gasteiger partial charge in [0.05, 0.1) is 4.88 Å². The molecule has 0 unspecified atom stereocenters. The van der Waals surface area contributed by atoms with Gasteiger partial charge < -0.3 is 4.74 Å². The van der Waals surface area contributed by atoms with Crippen LogP contribution in [0.2, 0.25) is 0 Å². The molecule has 178 valence electrons. The third-order valence-electron chi connectivity index (χ3n) is 9.86. The van der Waals surface area contributed by atoms with Crippen LogP contribution in [0, 0.1) is 29.1 Å². The molecular weight excluding hydrogens is 435 g/mol. The van der Waals surface area contributed by atoms with Crippen molar-refractivity contribution in [3.63, 3.8) is 0 Å². The summed E-state index contributed by atoms with van der Waals surface area (Å²) in [6.07, 6.45) is 3.98. The van der Waals surface area contributed by atoms with E-state index in [1.54, 1.807) is 4.57 Å². The smallest absolute Gasteiger partial charge is 0.463 e. The zero-order valence-electron chi connectivity index (χ0n) is 19.6. The molecule has 1 aromatic rings. The van der Waals surface area contributed by atoms with Gasteiger partial charge in [-0.25, -0.2) is 0 Å². The molecular formula is C25H35F3NO2S+. The predicted molar refractivity (Wildman–Crippen MR) is 116 cm³/mol. The minimum atomic E-state index is -4.28. The molecule has 0 saturated heterocycles. The highest BCUT2D eigenvalue weighted by atomic mass is 32.1. The van der Waals surface area contributed by atoms with Crippen LogP contribution in [0.1, 0.15) is 88.2 Å². The first-order valence-corrected chi connectivity index (χ1v) is 13.1. The van der Waals surface area contributed by atoms with Crippen LogP contribution in [0.4, 0.5) is 13.2 Å². The van der Waals surface area contributed by atoms with E-state index in [2.05, 4.69) is 13.8 Å². The Bertz CT molecular complexity index is 927. The van der Waals surface area contributed by atoms with Gasteiger partial charge in [-0.1, -0.05) is 25.2 Å². The van der Waals surface area contributed by atoms with Crippen LogP contribution < -0.4 is 4.57 Å². The predicted octanol–water partition coefficient (Wildman–Crippen LogP) is 6.06. The van der Waals surface area contributed by atoms with Gasteiger partial charge in [0.1, 0.15) is 12.6 Å². The summed E-state index contributed by atoms with van der Waals surface area (Å²) < 4.78 is 48.3. The summed E-state index contributed by atoms with van der Waals surface area (Å²) in [5.41, 5.74) is 1.10. The molecule has 5 rings (SSSR count). The fraction of sp³-hybridized carbons (Fsp3) is 0.840. The summed E-state index contributed by atoms with van der Waals surface area (Å²) in [6.45, 7) is 8.43. The second-order valence-electron chi connectivity index (χ2n) is 11.2. The lowest BCUT2D eigenvalue weighted by atomic mass is 9.45. The fourth-order valence-electron chi connectivity index (χ4n) is 8.40. The molecule has 4 aliphatic rings. The molecule has 0 radical (unpaired) electrons. The SMILES string of the molecule is CC[n+]1c(C(F)(F)F)sc2c1C[C@H]1[C@@H]3CC[C@H]4C[C@@H](OC(C)=O)CC[C@]4(C)[C@H]3CC[C@]21C. The molecule has 3 saturated carbocycles. The Morgan fingerprint density at radius 2 is 1.91 bits per heavy atom. The van der Waals surface area contributed by atoms with Gasteiger partial charge in [-0.15, -0.1) is 0 Å². The number of rotatable bonds is 2. The number of fused-ring (bicyclic) bond motifs is 7. The van der Waals surface area contributed by atoms with Crippen molar-refractivity contribution in [3.05, 3.63) is 15.6 Å². The van der Waals surface area contributed by atoms with Gasteiger partial charge >= 0.3 is 17.2 Å². The minimum Gasteiger partial charge on any atom is -0.463 e. The number of thiazole rings is 1. The summed E-state index contributed by atoms with van der Waals surface area (Å²) in [5.74, 6) is 2.06. The van der Waals surface area contributed by atoms with E-state index in [0.717, 1.165) is 73.3 Å². The highest BCUT2D eigenvalue weighted by molar-refractivity contribution is 7.11. The maximum absolute atomic E-state index is 13.7. The molecule has 0 aliphatic heterocycles. The normalized spacial score (nSPS) is 40.8. The quantitative estimate of drug-likeness (QED) is 0.388. The number of carbonyl (C=O) groups excluding carboxylic acids is 1. The number of esters is 1. The van der Waals surface area contributed by atoms with Crippen molar-refractivity contribution >= 4 is 17.3 Å². The molecule has 7 atom stereocenters. The number of hydrogen-bond donors (Lipinski definition) is 0. The van der Waals surface area contributed by atoms with Gasteiger partial charge in [0.15, 0.2) is 5.69 Å². The molecule has 0 bridgehead atoms. The summed E-state index contributed by atoms with van der Waals surface area (Å²) >= 11 is 1.02. The number of halogens is 3. The molecule has 0 aromatic carbocycles. The Morgan fingerprint density at radius 1 is 1.16 bits per heavy atom. The van der Waals surface area contributed by atoms with Crippen LogP contribution in [-0.4, -0.2) is 12.1 Å². The molecule has 0 N–H and O–H groups in total. The minimum absolute atomic E-state index is 0.0544. The van der Waals surface area contributed by atoms with E-state index < -0.39 is 11.2 Å². The van der Waals surface area contributed by atoms with Crippen molar-refractivity contribution in [1.29, 1.82) is 0 Å². The second-order valence-corrected chi connectivity index (χ2v) is 12.2. The van der Waals surface area contributed by atoms with E-state index in [0.29, 0.717) is 30.2 Å². The van der Waals surface area contributed by atoms with Crippen LogP contribution in [0.3, 0.4) is 0 Å². The number of nitrogens with zero attached hydrogens (tertiary/aromatic N) is 1. The molecule has 1 aromatic heterocycles. The van der Waals surface area contributed by atoms with Crippen LogP contribution in [0.25, 0.3) is 0 Å². The third kappa shape index (κ3) is 3.19. The first-order chi connectivity index (χ1) is 15.0. The number of hydrogen-bond acceptors (Lipinski definition) is 3. The average Bonchev–Trinajstić information content (AvgIpc) is 3.22. The van der Waals surface area contributed by atoms with Gasteiger partial charge in [0, 0.05) is 18.8 Å². The highest BCUT2D eigenvalue weighted by Gasteiger charge is 2.63. The Hall–Kier alpha value is -1.11. The molecule has 4 aliphatic carbocycles. The monoisotopic (exact) mass is 470 g/mol. The van der Waals surface area contributed by atoms with Crippen LogP contribution >= 0.6 is 11.3 Å².